The molecule has 92 valence electrons. The number of amides is 1. The molecule has 1 unspecified atom stereocenters. The summed E-state index contributed by atoms with van der Waals surface area (Å²) in [5.41, 5.74) is 0. The van der Waals surface area contributed by atoms with E-state index in [0.717, 1.165) is 38.4 Å². The van der Waals surface area contributed by atoms with Gasteiger partial charge >= 0.3 is 0 Å². The van der Waals surface area contributed by atoms with Crippen LogP contribution in [0, 0.1) is 5.92 Å². The van der Waals surface area contributed by atoms with Crippen LogP contribution in [0.4, 0.5) is 0 Å². The van der Waals surface area contributed by atoms with Crippen molar-refractivity contribution in [2.45, 2.75) is 51.5 Å². The predicted octanol–water partition coefficient (Wildman–Crippen LogP) is 1.78. The summed E-state index contributed by atoms with van der Waals surface area (Å²) in [7, 11) is 0. The molecule has 1 atom stereocenters. The Kier molecular flexibility index (Phi) is 4.22. The predicted molar refractivity (Wildman–Crippen MR) is 65.2 cm³/mol. The van der Waals surface area contributed by atoms with E-state index in [9.17, 15) is 4.79 Å². The summed E-state index contributed by atoms with van der Waals surface area (Å²) < 4.78 is 0. The van der Waals surface area contributed by atoms with Crippen LogP contribution >= 0.6 is 0 Å². The molecule has 2 fully saturated rings. The third-order valence-corrected chi connectivity index (χ3v) is 3.81. The number of rotatable bonds is 5. The minimum absolute atomic E-state index is 0.284. The van der Waals surface area contributed by atoms with Gasteiger partial charge in [-0.2, -0.15) is 0 Å². The van der Waals surface area contributed by atoms with Crippen LogP contribution in [0.1, 0.15) is 45.4 Å². The van der Waals surface area contributed by atoms with Gasteiger partial charge in [0.25, 0.3) is 0 Å². The van der Waals surface area contributed by atoms with Crippen LogP contribution in [0.15, 0.2) is 0 Å². The SMILES string of the molecule is CC1CCCCN1CCCNC(=O)C1CC1. The number of piperidine rings is 1. The van der Waals surface area contributed by atoms with Gasteiger partial charge in [0.15, 0.2) is 0 Å². The highest BCUT2D eigenvalue weighted by atomic mass is 16.2. The lowest BCUT2D eigenvalue weighted by atomic mass is 10.0. The van der Waals surface area contributed by atoms with Crippen molar-refractivity contribution < 1.29 is 4.79 Å². The molecule has 3 heteroatoms. The van der Waals surface area contributed by atoms with Gasteiger partial charge in [-0.15, -0.1) is 0 Å². The van der Waals surface area contributed by atoms with Crippen LogP contribution in [0.5, 0.6) is 0 Å². The molecule has 2 rings (SSSR count). The zero-order valence-electron chi connectivity index (χ0n) is 10.4. The van der Waals surface area contributed by atoms with E-state index >= 15 is 0 Å². The van der Waals surface area contributed by atoms with Gasteiger partial charge in [0.05, 0.1) is 0 Å². The number of carbonyl (C=O) groups is 1. The van der Waals surface area contributed by atoms with Gasteiger partial charge in [-0.25, -0.2) is 0 Å². The van der Waals surface area contributed by atoms with Gasteiger partial charge in [0.1, 0.15) is 0 Å². The Labute approximate surface area is 98.6 Å². The van der Waals surface area contributed by atoms with E-state index in [4.69, 9.17) is 0 Å². The molecule has 1 saturated heterocycles. The normalized spacial score (nSPS) is 26.7. The molecule has 0 bridgehead atoms. The lowest BCUT2D eigenvalue weighted by Gasteiger charge is -2.33. The third-order valence-electron chi connectivity index (χ3n) is 3.81. The summed E-state index contributed by atoms with van der Waals surface area (Å²) in [5, 5.41) is 3.03. The number of hydrogen-bond acceptors (Lipinski definition) is 2. The summed E-state index contributed by atoms with van der Waals surface area (Å²) in [5.74, 6) is 0.639. The monoisotopic (exact) mass is 224 g/mol. The topological polar surface area (TPSA) is 32.3 Å². The second-order valence-corrected chi connectivity index (χ2v) is 5.30. The van der Waals surface area contributed by atoms with Crippen LogP contribution < -0.4 is 5.32 Å². The molecule has 16 heavy (non-hydrogen) atoms. The van der Waals surface area contributed by atoms with Crippen LogP contribution in [0.2, 0.25) is 0 Å². The van der Waals surface area contributed by atoms with E-state index in [1.165, 1.54) is 25.8 Å². The molecule has 2 aliphatic rings. The molecular formula is C13H24N2O. The Hall–Kier alpha value is -0.570. The van der Waals surface area contributed by atoms with E-state index < -0.39 is 0 Å². The van der Waals surface area contributed by atoms with Crippen molar-refractivity contribution in [3.63, 3.8) is 0 Å². The maximum atomic E-state index is 11.4. The molecule has 1 aliphatic carbocycles. The van der Waals surface area contributed by atoms with Gasteiger partial charge in [0.2, 0.25) is 5.91 Å². The van der Waals surface area contributed by atoms with Crippen molar-refractivity contribution >= 4 is 5.91 Å². The fourth-order valence-electron chi connectivity index (χ4n) is 2.47. The summed E-state index contributed by atoms with van der Waals surface area (Å²) in [6.07, 6.45) is 7.38. The van der Waals surface area contributed by atoms with Crippen molar-refractivity contribution in [2.75, 3.05) is 19.6 Å². The Balaban J connectivity index is 1.54. The van der Waals surface area contributed by atoms with Crippen LogP contribution in [-0.2, 0) is 4.79 Å². The van der Waals surface area contributed by atoms with Crippen molar-refractivity contribution in [2.24, 2.45) is 5.92 Å². The Morgan fingerprint density at radius 3 is 2.81 bits per heavy atom. The maximum absolute atomic E-state index is 11.4. The largest absolute Gasteiger partial charge is 0.356 e. The maximum Gasteiger partial charge on any atom is 0.223 e. The molecule has 0 aromatic rings. The highest BCUT2D eigenvalue weighted by Crippen LogP contribution is 2.28. The summed E-state index contributed by atoms with van der Waals surface area (Å²) in [4.78, 5) is 14.0. The lowest BCUT2D eigenvalue weighted by molar-refractivity contribution is -0.122. The van der Waals surface area contributed by atoms with E-state index in [2.05, 4.69) is 17.1 Å². The van der Waals surface area contributed by atoms with Crippen LogP contribution in [0.3, 0.4) is 0 Å². The number of nitrogens with zero attached hydrogens (tertiary/aromatic N) is 1. The average molecular weight is 224 g/mol. The minimum atomic E-state index is 0.284. The van der Waals surface area contributed by atoms with Crippen LogP contribution in [-0.4, -0.2) is 36.5 Å². The fourth-order valence-corrected chi connectivity index (χ4v) is 2.47. The molecule has 1 amide bonds. The van der Waals surface area contributed by atoms with Gasteiger partial charge in [-0.3, -0.25) is 4.79 Å². The summed E-state index contributed by atoms with van der Waals surface area (Å²) >= 11 is 0. The van der Waals surface area contributed by atoms with Crippen molar-refractivity contribution in [1.82, 2.24) is 10.2 Å². The van der Waals surface area contributed by atoms with E-state index in [-0.39, 0.29) is 5.91 Å². The standard InChI is InChI=1S/C13H24N2O/c1-11-5-2-3-9-15(11)10-4-8-14-13(16)12-6-7-12/h11-12H,2-10H2,1H3,(H,14,16). The first-order valence-corrected chi connectivity index (χ1v) is 6.79. The first-order valence-electron chi connectivity index (χ1n) is 6.79. The molecule has 0 aromatic heterocycles. The number of likely N-dealkylation sites (tertiary alicyclic amines) is 1. The number of hydrogen-bond donors (Lipinski definition) is 1. The second-order valence-electron chi connectivity index (χ2n) is 5.30. The molecule has 0 spiro atoms. The van der Waals surface area contributed by atoms with Gasteiger partial charge in [-0.1, -0.05) is 6.42 Å². The average Bonchev–Trinajstić information content (AvgIpc) is 3.10. The molecule has 0 radical (unpaired) electrons. The van der Waals surface area contributed by atoms with Gasteiger partial charge < -0.3 is 10.2 Å². The van der Waals surface area contributed by atoms with Gasteiger partial charge in [0, 0.05) is 25.0 Å². The smallest absolute Gasteiger partial charge is 0.223 e. The minimum Gasteiger partial charge on any atom is -0.356 e. The quantitative estimate of drug-likeness (QED) is 0.722. The lowest BCUT2D eigenvalue weighted by Crippen LogP contribution is -2.39. The van der Waals surface area contributed by atoms with E-state index in [1.54, 1.807) is 0 Å². The number of nitrogens with one attached hydrogen (secondary N) is 1. The molecule has 1 aliphatic heterocycles. The first-order chi connectivity index (χ1) is 7.77. The molecule has 0 aromatic carbocycles. The molecule has 1 N–H and O–H groups in total. The Morgan fingerprint density at radius 1 is 1.31 bits per heavy atom. The molecule has 1 saturated carbocycles. The van der Waals surface area contributed by atoms with Crippen molar-refractivity contribution in [3.05, 3.63) is 0 Å². The third kappa shape index (κ3) is 3.48. The Morgan fingerprint density at radius 2 is 2.12 bits per heavy atom. The molecular weight excluding hydrogens is 200 g/mol. The van der Waals surface area contributed by atoms with E-state index in [0.29, 0.717) is 5.92 Å². The summed E-state index contributed by atoms with van der Waals surface area (Å²) in [6, 6.07) is 0.743. The highest BCUT2D eigenvalue weighted by molar-refractivity contribution is 5.80. The number of carbonyl (C=O) groups excluding carboxylic acids is 1. The fraction of sp³-hybridized carbons (Fsp3) is 0.923. The molecule has 1 heterocycles. The van der Waals surface area contributed by atoms with Crippen molar-refractivity contribution in [1.29, 1.82) is 0 Å². The van der Waals surface area contributed by atoms with E-state index in [1.807, 2.05) is 0 Å². The zero-order chi connectivity index (χ0) is 11.4. The zero-order valence-corrected chi connectivity index (χ0v) is 10.4. The highest BCUT2D eigenvalue weighted by Gasteiger charge is 2.29. The summed E-state index contributed by atoms with van der Waals surface area (Å²) in [6.45, 7) is 5.57. The van der Waals surface area contributed by atoms with Crippen LogP contribution in [0.25, 0.3) is 0 Å². The molecule has 3 nitrogen and oxygen atoms in total. The second kappa shape index (κ2) is 5.67. The van der Waals surface area contributed by atoms with Crippen molar-refractivity contribution in [3.8, 4) is 0 Å². The Bertz CT molecular complexity index is 238. The van der Waals surface area contributed by atoms with Gasteiger partial charge in [-0.05, 0) is 45.6 Å². The first kappa shape index (κ1) is 11.9.